The molecule has 0 amide bonds. The molecule has 0 radical (unpaired) electrons. The van der Waals surface area contributed by atoms with Crippen molar-refractivity contribution in [1.29, 1.82) is 0 Å². The van der Waals surface area contributed by atoms with Crippen molar-refractivity contribution in [2.24, 2.45) is 0 Å². The van der Waals surface area contributed by atoms with E-state index in [2.05, 4.69) is 0 Å². The first kappa shape index (κ1) is 22.0. The average molecular weight is 452 g/mol. The summed E-state index contributed by atoms with van der Waals surface area (Å²) in [4.78, 5) is 0. The Balaban J connectivity index is 2.08. The SMILES string of the molecule is COc1ccc(-c2oc3cc(O)c(OC)cc3c2-c2cc(OC)c(OC)c(OC)c2)cc1O. The lowest BCUT2D eigenvalue weighted by Crippen LogP contribution is -1.96. The number of hydrogen-bond acceptors (Lipinski definition) is 8. The molecule has 4 aromatic rings. The van der Waals surface area contributed by atoms with E-state index in [-0.39, 0.29) is 11.5 Å². The monoisotopic (exact) mass is 452 g/mol. The van der Waals surface area contributed by atoms with Gasteiger partial charge in [-0.15, -0.1) is 0 Å². The second kappa shape index (κ2) is 8.74. The molecule has 3 aromatic carbocycles. The Labute approximate surface area is 190 Å². The van der Waals surface area contributed by atoms with Gasteiger partial charge in [-0.05, 0) is 42.0 Å². The van der Waals surface area contributed by atoms with Crippen LogP contribution in [-0.4, -0.2) is 45.8 Å². The Bertz CT molecular complexity index is 1300. The van der Waals surface area contributed by atoms with Gasteiger partial charge in [0.05, 0.1) is 35.5 Å². The molecule has 0 fully saturated rings. The van der Waals surface area contributed by atoms with Crippen LogP contribution in [0.3, 0.4) is 0 Å². The van der Waals surface area contributed by atoms with Gasteiger partial charge in [0, 0.05) is 22.6 Å². The zero-order valence-electron chi connectivity index (χ0n) is 18.9. The van der Waals surface area contributed by atoms with Crippen molar-refractivity contribution >= 4 is 11.0 Å². The highest BCUT2D eigenvalue weighted by molar-refractivity contribution is 6.03. The average Bonchev–Trinajstić information content (AvgIpc) is 3.20. The van der Waals surface area contributed by atoms with Crippen LogP contribution in [0.1, 0.15) is 0 Å². The fourth-order valence-corrected chi connectivity index (χ4v) is 3.82. The molecule has 8 nitrogen and oxygen atoms in total. The molecule has 0 saturated heterocycles. The molecule has 33 heavy (non-hydrogen) atoms. The lowest BCUT2D eigenvalue weighted by Gasteiger charge is -2.15. The quantitative estimate of drug-likeness (QED) is 0.394. The van der Waals surface area contributed by atoms with Gasteiger partial charge >= 0.3 is 0 Å². The number of ether oxygens (including phenoxy) is 5. The maximum atomic E-state index is 10.4. The van der Waals surface area contributed by atoms with Crippen LogP contribution in [0.15, 0.2) is 46.9 Å². The molecule has 0 saturated carbocycles. The zero-order valence-corrected chi connectivity index (χ0v) is 18.9. The van der Waals surface area contributed by atoms with Crippen molar-refractivity contribution in [3.63, 3.8) is 0 Å². The minimum Gasteiger partial charge on any atom is -0.504 e. The second-order valence-electron chi connectivity index (χ2n) is 7.13. The summed E-state index contributed by atoms with van der Waals surface area (Å²) in [6.07, 6.45) is 0. The maximum absolute atomic E-state index is 10.4. The van der Waals surface area contributed by atoms with Crippen molar-refractivity contribution in [3.05, 3.63) is 42.5 Å². The molecule has 1 aromatic heterocycles. The van der Waals surface area contributed by atoms with Crippen LogP contribution in [0.4, 0.5) is 0 Å². The first-order chi connectivity index (χ1) is 15.9. The third-order valence-corrected chi connectivity index (χ3v) is 5.38. The summed E-state index contributed by atoms with van der Waals surface area (Å²) < 4.78 is 33.2. The van der Waals surface area contributed by atoms with E-state index in [1.165, 1.54) is 41.6 Å². The van der Waals surface area contributed by atoms with Gasteiger partial charge in [0.1, 0.15) is 11.3 Å². The van der Waals surface area contributed by atoms with E-state index >= 15 is 0 Å². The molecule has 0 spiro atoms. The minimum atomic E-state index is -0.0562. The van der Waals surface area contributed by atoms with Gasteiger partial charge in [0.25, 0.3) is 0 Å². The summed E-state index contributed by atoms with van der Waals surface area (Å²) in [6.45, 7) is 0. The van der Waals surface area contributed by atoms with Crippen LogP contribution >= 0.6 is 0 Å². The Hall–Kier alpha value is -4.20. The molecule has 0 aliphatic heterocycles. The highest BCUT2D eigenvalue weighted by atomic mass is 16.5. The summed E-state index contributed by atoms with van der Waals surface area (Å²) >= 11 is 0. The first-order valence-electron chi connectivity index (χ1n) is 9.96. The van der Waals surface area contributed by atoms with Gasteiger partial charge in [0.15, 0.2) is 34.5 Å². The van der Waals surface area contributed by atoms with E-state index in [0.717, 1.165) is 0 Å². The van der Waals surface area contributed by atoms with E-state index < -0.39 is 0 Å². The Kier molecular flexibility index (Phi) is 5.83. The van der Waals surface area contributed by atoms with E-state index in [0.29, 0.717) is 62.2 Å². The smallest absolute Gasteiger partial charge is 0.203 e. The lowest BCUT2D eigenvalue weighted by atomic mass is 9.97. The first-order valence-corrected chi connectivity index (χ1v) is 9.96. The number of aromatic hydroxyl groups is 2. The summed E-state index contributed by atoms with van der Waals surface area (Å²) in [5.74, 6) is 2.39. The topological polar surface area (TPSA) is 99.8 Å². The number of phenolic OH excluding ortho intramolecular Hbond substituents is 2. The van der Waals surface area contributed by atoms with Crippen molar-refractivity contribution in [2.75, 3.05) is 35.5 Å². The Morgan fingerprint density at radius 2 is 1.21 bits per heavy atom. The molecular formula is C25H24O8. The van der Waals surface area contributed by atoms with Crippen LogP contribution in [0.25, 0.3) is 33.4 Å². The second-order valence-corrected chi connectivity index (χ2v) is 7.13. The van der Waals surface area contributed by atoms with Gasteiger partial charge in [-0.25, -0.2) is 0 Å². The number of hydrogen-bond donors (Lipinski definition) is 2. The molecule has 8 heteroatoms. The molecule has 172 valence electrons. The predicted octanol–water partition coefficient (Wildman–Crippen LogP) is 5.22. The fourth-order valence-electron chi connectivity index (χ4n) is 3.82. The van der Waals surface area contributed by atoms with Crippen LogP contribution in [0.2, 0.25) is 0 Å². The van der Waals surface area contributed by atoms with E-state index in [1.807, 2.05) is 0 Å². The van der Waals surface area contributed by atoms with Crippen molar-refractivity contribution in [2.45, 2.75) is 0 Å². The molecular weight excluding hydrogens is 428 g/mol. The predicted molar refractivity (Wildman–Crippen MR) is 123 cm³/mol. The van der Waals surface area contributed by atoms with Crippen molar-refractivity contribution < 1.29 is 38.3 Å². The third kappa shape index (κ3) is 3.69. The molecule has 0 aliphatic carbocycles. The standard InChI is InChI=1S/C25H24O8/c1-28-18-7-6-13(8-16(18)26)24-23(15-11-20(29-2)17(27)12-19(15)33-24)14-9-21(30-3)25(32-5)22(10-14)31-4/h6-12,26-27H,1-5H3. The molecule has 1 heterocycles. The van der Waals surface area contributed by atoms with Crippen LogP contribution in [0, 0.1) is 0 Å². The largest absolute Gasteiger partial charge is 0.504 e. The Morgan fingerprint density at radius 3 is 1.76 bits per heavy atom. The highest BCUT2D eigenvalue weighted by Crippen LogP contribution is 2.49. The van der Waals surface area contributed by atoms with Gasteiger partial charge in [-0.1, -0.05) is 0 Å². The van der Waals surface area contributed by atoms with Gasteiger partial charge in [-0.3, -0.25) is 0 Å². The zero-order chi connectivity index (χ0) is 23.7. The van der Waals surface area contributed by atoms with Crippen molar-refractivity contribution in [3.8, 4) is 62.7 Å². The lowest BCUT2D eigenvalue weighted by molar-refractivity contribution is 0.324. The maximum Gasteiger partial charge on any atom is 0.203 e. The number of rotatable bonds is 7. The highest BCUT2D eigenvalue weighted by Gasteiger charge is 2.24. The number of fused-ring (bicyclic) bond motifs is 1. The number of benzene rings is 3. The van der Waals surface area contributed by atoms with Crippen molar-refractivity contribution in [1.82, 2.24) is 0 Å². The third-order valence-electron chi connectivity index (χ3n) is 5.38. The number of methoxy groups -OCH3 is 5. The van der Waals surface area contributed by atoms with Crippen LogP contribution in [-0.2, 0) is 0 Å². The summed E-state index contributed by atoms with van der Waals surface area (Å²) in [5, 5.41) is 21.3. The molecule has 2 N–H and O–H groups in total. The molecule has 0 bridgehead atoms. The van der Waals surface area contributed by atoms with Gasteiger partial charge < -0.3 is 38.3 Å². The van der Waals surface area contributed by atoms with Crippen LogP contribution < -0.4 is 23.7 Å². The minimum absolute atomic E-state index is 0.0354. The number of furan rings is 1. The molecule has 0 unspecified atom stereocenters. The van der Waals surface area contributed by atoms with E-state index in [1.54, 1.807) is 36.4 Å². The summed E-state index contributed by atoms with van der Waals surface area (Å²) in [6, 6.07) is 11.8. The Morgan fingerprint density at radius 1 is 0.606 bits per heavy atom. The number of phenols is 2. The van der Waals surface area contributed by atoms with E-state index in [4.69, 9.17) is 28.1 Å². The van der Waals surface area contributed by atoms with Crippen LogP contribution in [0.5, 0.6) is 40.2 Å². The van der Waals surface area contributed by atoms with E-state index in [9.17, 15) is 10.2 Å². The molecule has 4 rings (SSSR count). The van der Waals surface area contributed by atoms with Gasteiger partial charge in [0.2, 0.25) is 5.75 Å². The summed E-state index contributed by atoms with van der Waals surface area (Å²) in [7, 11) is 7.57. The molecule has 0 aliphatic rings. The molecule has 0 atom stereocenters. The van der Waals surface area contributed by atoms with Gasteiger partial charge in [-0.2, -0.15) is 0 Å². The normalized spacial score (nSPS) is 10.8. The summed E-state index contributed by atoms with van der Waals surface area (Å²) in [5.41, 5.74) is 2.43. The fraction of sp³-hybridized carbons (Fsp3) is 0.200.